The number of pyridine rings is 1. The quantitative estimate of drug-likeness (QED) is 0.772. The molecule has 0 amide bonds. The van der Waals surface area contributed by atoms with Gasteiger partial charge in [-0.2, -0.15) is 5.10 Å². The Kier molecular flexibility index (Phi) is 3.17. The standard InChI is InChI=1S/C11H11Cl2N3/c1-7-3-11(9(4-12)5-14-7)16-6-10(13)8(2)15-16/h3,5-6H,4H2,1-2H3. The number of aromatic nitrogens is 3. The average molecular weight is 256 g/mol. The molecule has 5 heteroatoms. The SMILES string of the molecule is Cc1cc(-n2cc(Cl)c(C)n2)c(CCl)cn1. The van der Waals surface area contributed by atoms with Crippen molar-refractivity contribution in [2.24, 2.45) is 0 Å². The second kappa shape index (κ2) is 4.44. The van der Waals surface area contributed by atoms with Gasteiger partial charge in [0.05, 0.1) is 22.3 Å². The molecule has 0 aliphatic rings. The van der Waals surface area contributed by atoms with E-state index in [1.807, 2.05) is 19.9 Å². The molecular weight excluding hydrogens is 245 g/mol. The van der Waals surface area contributed by atoms with Gasteiger partial charge in [0, 0.05) is 23.7 Å². The maximum Gasteiger partial charge on any atom is 0.0819 e. The summed E-state index contributed by atoms with van der Waals surface area (Å²) in [4.78, 5) is 4.21. The summed E-state index contributed by atoms with van der Waals surface area (Å²) in [6.45, 7) is 3.80. The van der Waals surface area contributed by atoms with Crippen LogP contribution in [0.1, 0.15) is 17.0 Å². The van der Waals surface area contributed by atoms with Gasteiger partial charge in [-0.05, 0) is 19.9 Å². The first-order valence-electron chi connectivity index (χ1n) is 4.85. The maximum absolute atomic E-state index is 5.98. The zero-order chi connectivity index (χ0) is 11.7. The molecule has 84 valence electrons. The van der Waals surface area contributed by atoms with E-state index in [9.17, 15) is 0 Å². The van der Waals surface area contributed by atoms with E-state index in [4.69, 9.17) is 23.2 Å². The van der Waals surface area contributed by atoms with Crippen molar-refractivity contribution in [2.75, 3.05) is 0 Å². The number of nitrogens with zero attached hydrogens (tertiary/aromatic N) is 3. The molecule has 0 N–H and O–H groups in total. The van der Waals surface area contributed by atoms with Gasteiger partial charge < -0.3 is 0 Å². The van der Waals surface area contributed by atoms with Gasteiger partial charge in [0.15, 0.2) is 0 Å². The Bertz CT molecular complexity index is 500. The predicted octanol–water partition coefficient (Wildman–Crippen LogP) is 3.28. The van der Waals surface area contributed by atoms with Crippen LogP contribution in [-0.4, -0.2) is 14.8 Å². The summed E-state index contributed by atoms with van der Waals surface area (Å²) in [5, 5.41) is 4.98. The molecule has 0 bridgehead atoms. The fraction of sp³-hybridized carbons (Fsp3) is 0.273. The van der Waals surface area contributed by atoms with Crippen molar-refractivity contribution in [2.45, 2.75) is 19.7 Å². The lowest BCUT2D eigenvalue weighted by atomic mass is 10.2. The smallest absolute Gasteiger partial charge is 0.0819 e. The predicted molar refractivity (Wildman–Crippen MR) is 65.4 cm³/mol. The normalized spacial score (nSPS) is 10.8. The zero-order valence-electron chi connectivity index (χ0n) is 9.04. The summed E-state index contributed by atoms with van der Waals surface area (Å²) in [6.07, 6.45) is 3.55. The number of hydrogen-bond acceptors (Lipinski definition) is 2. The van der Waals surface area contributed by atoms with Crippen LogP contribution in [0.25, 0.3) is 5.69 Å². The third-order valence-electron chi connectivity index (χ3n) is 2.33. The van der Waals surface area contributed by atoms with Gasteiger partial charge in [0.25, 0.3) is 0 Å². The van der Waals surface area contributed by atoms with Crippen LogP contribution in [0.5, 0.6) is 0 Å². The number of rotatable bonds is 2. The van der Waals surface area contributed by atoms with E-state index in [0.717, 1.165) is 22.6 Å². The highest BCUT2D eigenvalue weighted by Gasteiger charge is 2.08. The van der Waals surface area contributed by atoms with Crippen molar-refractivity contribution in [3.8, 4) is 5.69 Å². The molecule has 0 aliphatic heterocycles. The minimum absolute atomic E-state index is 0.402. The molecule has 0 atom stereocenters. The largest absolute Gasteiger partial charge is 0.261 e. The fourth-order valence-electron chi connectivity index (χ4n) is 1.45. The van der Waals surface area contributed by atoms with Crippen LogP contribution < -0.4 is 0 Å². The summed E-state index contributed by atoms with van der Waals surface area (Å²) in [7, 11) is 0. The molecule has 0 aromatic carbocycles. The van der Waals surface area contributed by atoms with Crippen molar-refractivity contribution in [1.82, 2.24) is 14.8 Å². The monoisotopic (exact) mass is 255 g/mol. The second-order valence-electron chi connectivity index (χ2n) is 3.60. The summed E-state index contributed by atoms with van der Waals surface area (Å²) >= 11 is 11.8. The van der Waals surface area contributed by atoms with Crippen LogP contribution in [0.4, 0.5) is 0 Å². The van der Waals surface area contributed by atoms with Crippen LogP contribution >= 0.6 is 23.2 Å². The lowest BCUT2D eigenvalue weighted by Gasteiger charge is -2.07. The Morgan fingerprint density at radius 3 is 2.69 bits per heavy atom. The van der Waals surface area contributed by atoms with E-state index in [0.29, 0.717) is 10.9 Å². The van der Waals surface area contributed by atoms with Crippen LogP contribution in [0.3, 0.4) is 0 Å². The van der Waals surface area contributed by atoms with Crippen molar-refractivity contribution in [3.05, 3.63) is 40.4 Å². The summed E-state index contributed by atoms with van der Waals surface area (Å²) in [5.41, 5.74) is 3.59. The fourth-order valence-corrected chi connectivity index (χ4v) is 1.79. The molecule has 2 aromatic rings. The third-order valence-corrected chi connectivity index (χ3v) is 2.99. The Morgan fingerprint density at radius 1 is 1.38 bits per heavy atom. The lowest BCUT2D eigenvalue weighted by Crippen LogP contribution is -2.01. The molecule has 0 saturated carbocycles. The molecule has 2 rings (SSSR count). The lowest BCUT2D eigenvalue weighted by molar-refractivity contribution is 0.848. The van der Waals surface area contributed by atoms with Gasteiger partial charge in [-0.1, -0.05) is 11.6 Å². The highest BCUT2D eigenvalue weighted by molar-refractivity contribution is 6.31. The molecule has 0 spiro atoms. The molecule has 3 nitrogen and oxygen atoms in total. The second-order valence-corrected chi connectivity index (χ2v) is 4.27. The van der Waals surface area contributed by atoms with Crippen LogP contribution in [-0.2, 0) is 5.88 Å². The van der Waals surface area contributed by atoms with Gasteiger partial charge in [-0.3, -0.25) is 4.98 Å². The highest BCUT2D eigenvalue weighted by atomic mass is 35.5. The van der Waals surface area contributed by atoms with Crippen LogP contribution in [0.15, 0.2) is 18.5 Å². The van der Waals surface area contributed by atoms with E-state index in [-0.39, 0.29) is 0 Å². The molecule has 2 aromatic heterocycles. The van der Waals surface area contributed by atoms with Gasteiger partial charge in [-0.15, -0.1) is 11.6 Å². The van der Waals surface area contributed by atoms with E-state index in [2.05, 4.69) is 10.1 Å². The van der Waals surface area contributed by atoms with E-state index >= 15 is 0 Å². The van der Waals surface area contributed by atoms with Crippen LogP contribution in [0, 0.1) is 13.8 Å². The van der Waals surface area contributed by atoms with Gasteiger partial charge in [0.2, 0.25) is 0 Å². The number of alkyl halides is 1. The minimum Gasteiger partial charge on any atom is -0.261 e. The van der Waals surface area contributed by atoms with Gasteiger partial charge >= 0.3 is 0 Å². The number of hydrogen-bond donors (Lipinski definition) is 0. The van der Waals surface area contributed by atoms with E-state index in [1.54, 1.807) is 17.1 Å². The van der Waals surface area contributed by atoms with Crippen LogP contribution in [0.2, 0.25) is 5.02 Å². The Labute approximate surface area is 104 Å². The van der Waals surface area contributed by atoms with Crippen molar-refractivity contribution < 1.29 is 0 Å². The van der Waals surface area contributed by atoms with Gasteiger partial charge in [-0.25, -0.2) is 4.68 Å². The molecule has 0 saturated heterocycles. The summed E-state index contributed by atoms with van der Waals surface area (Å²) in [5.74, 6) is 0.402. The van der Waals surface area contributed by atoms with Crippen molar-refractivity contribution in [1.29, 1.82) is 0 Å². The molecule has 0 fully saturated rings. The Morgan fingerprint density at radius 2 is 2.12 bits per heavy atom. The number of halogens is 2. The third kappa shape index (κ3) is 2.06. The first-order chi connectivity index (χ1) is 7.61. The molecular formula is C11H11Cl2N3. The van der Waals surface area contributed by atoms with Crippen molar-refractivity contribution in [3.63, 3.8) is 0 Å². The molecule has 16 heavy (non-hydrogen) atoms. The van der Waals surface area contributed by atoms with E-state index < -0.39 is 0 Å². The first kappa shape index (κ1) is 11.4. The maximum atomic E-state index is 5.98. The molecule has 0 radical (unpaired) electrons. The Balaban J connectivity index is 2.57. The summed E-state index contributed by atoms with van der Waals surface area (Å²) < 4.78 is 1.74. The van der Waals surface area contributed by atoms with Crippen molar-refractivity contribution >= 4 is 23.2 Å². The highest BCUT2D eigenvalue weighted by Crippen LogP contribution is 2.20. The zero-order valence-corrected chi connectivity index (χ0v) is 10.5. The first-order valence-corrected chi connectivity index (χ1v) is 5.76. The number of aryl methyl sites for hydroxylation is 2. The molecule has 2 heterocycles. The van der Waals surface area contributed by atoms with Gasteiger partial charge in [0.1, 0.15) is 0 Å². The molecule has 0 unspecified atom stereocenters. The summed E-state index contributed by atoms with van der Waals surface area (Å²) in [6, 6.07) is 1.94. The minimum atomic E-state index is 0.402. The van der Waals surface area contributed by atoms with E-state index in [1.165, 1.54) is 0 Å². The molecule has 0 aliphatic carbocycles. The average Bonchev–Trinajstić information content (AvgIpc) is 2.59. The topological polar surface area (TPSA) is 30.7 Å². The Hall–Kier alpha value is -1.06.